The minimum Gasteiger partial charge on any atom is -0.374 e. The molecular formula is C14H14ClN7. The van der Waals surface area contributed by atoms with Gasteiger partial charge < -0.3 is 11.1 Å². The Kier molecular flexibility index (Phi) is 4.27. The molecule has 2 heterocycles. The van der Waals surface area contributed by atoms with Crippen LogP contribution in [0.4, 0.5) is 5.69 Å². The Morgan fingerprint density at radius 3 is 2.73 bits per heavy atom. The molecule has 0 amide bonds. The molecule has 3 aromatic rings. The molecule has 7 nitrogen and oxygen atoms in total. The van der Waals surface area contributed by atoms with Crippen molar-refractivity contribution in [3.8, 4) is 11.5 Å². The van der Waals surface area contributed by atoms with Crippen molar-refractivity contribution in [1.82, 2.24) is 25.1 Å². The lowest BCUT2D eigenvalue weighted by molar-refractivity contribution is 0.730. The summed E-state index contributed by atoms with van der Waals surface area (Å²) >= 11 is 5.88. The van der Waals surface area contributed by atoms with E-state index in [2.05, 4.69) is 30.5 Å². The molecule has 112 valence electrons. The van der Waals surface area contributed by atoms with Crippen molar-refractivity contribution >= 4 is 17.3 Å². The van der Waals surface area contributed by atoms with Crippen LogP contribution in [0.1, 0.15) is 11.9 Å². The minimum atomic E-state index is -0.190. The van der Waals surface area contributed by atoms with Crippen molar-refractivity contribution in [3.63, 3.8) is 0 Å². The Bertz CT molecular complexity index is 726. The molecule has 0 aliphatic heterocycles. The molecule has 4 N–H and O–H groups in total. The second-order valence-corrected chi connectivity index (χ2v) is 5.01. The van der Waals surface area contributed by atoms with E-state index in [1.54, 1.807) is 12.3 Å². The van der Waals surface area contributed by atoms with Crippen LogP contribution in [0.3, 0.4) is 0 Å². The number of aromatic nitrogens is 5. The van der Waals surface area contributed by atoms with Crippen LogP contribution in [0.15, 0.2) is 42.9 Å². The van der Waals surface area contributed by atoms with Gasteiger partial charge in [0.2, 0.25) is 0 Å². The number of nitrogens with zero attached hydrogens (tertiary/aromatic N) is 4. The number of H-pyrrole nitrogens is 1. The lowest BCUT2D eigenvalue weighted by atomic mass is 10.2. The second kappa shape index (κ2) is 6.50. The predicted octanol–water partition coefficient (Wildman–Crippen LogP) is 2.03. The standard InChI is InChI=1S/C14H14ClN7/c15-9-1-3-10(4-2-9)19-12(7-16)14-20-13(21-22-14)11-5-6-17-8-18-11/h1-6,8,12,19H,7,16H2,(H,20,21,22)/t12-/m1/s1. The molecule has 0 saturated heterocycles. The summed E-state index contributed by atoms with van der Waals surface area (Å²) in [7, 11) is 0. The zero-order valence-corrected chi connectivity index (χ0v) is 12.3. The van der Waals surface area contributed by atoms with E-state index in [1.165, 1.54) is 6.33 Å². The van der Waals surface area contributed by atoms with E-state index in [4.69, 9.17) is 17.3 Å². The molecule has 1 aromatic carbocycles. The normalized spacial score (nSPS) is 12.1. The van der Waals surface area contributed by atoms with Gasteiger partial charge in [-0.15, -0.1) is 0 Å². The molecule has 3 rings (SSSR count). The summed E-state index contributed by atoms with van der Waals surface area (Å²) in [5.74, 6) is 1.15. The number of hydrogen-bond acceptors (Lipinski definition) is 6. The van der Waals surface area contributed by atoms with Gasteiger partial charge in [0.25, 0.3) is 0 Å². The maximum atomic E-state index is 5.88. The fourth-order valence-corrected chi connectivity index (χ4v) is 2.08. The maximum Gasteiger partial charge on any atom is 0.199 e. The number of nitrogens with one attached hydrogen (secondary N) is 2. The number of aromatic amines is 1. The fraction of sp³-hybridized carbons (Fsp3) is 0.143. The number of benzene rings is 1. The van der Waals surface area contributed by atoms with Crippen molar-refractivity contribution < 1.29 is 0 Å². The third-order valence-electron chi connectivity index (χ3n) is 3.06. The summed E-state index contributed by atoms with van der Waals surface area (Å²) in [4.78, 5) is 12.4. The van der Waals surface area contributed by atoms with Gasteiger partial charge in [0.15, 0.2) is 5.82 Å². The van der Waals surface area contributed by atoms with Gasteiger partial charge in [-0.1, -0.05) is 11.6 Å². The largest absolute Gasteiger partial charge is 0.374 e. The third kappa shape index (κ3) is 3.21. The van der Waals surface area contributed by atoms with E-state index in [1.807, 2.05) is 24.3 Å². The van der Waals surface area contributed by atoms with Crippen molar-refractivity contribution in [2.45, 2.75) is 6.04 Å². The first kappa shape index (κ1) is 14.4. The number of nitrogens with two attached hydrogens (primary N) is 1. The van der Waals surface area contributed by atoms with E-state index in [9.17, 15) is 0 Å². The van der Waals surface area contributed by atoms with Gasteiger partial charge in [0, 0.05) is 23.5 Å². The van der Waals surface area contributed by atoms with E-state index >= 15 is 0 Å². The molecule has 0 aliphatic carbocycles. The van der Waals surface area contributed by atoms with E-state index in [-0.39, 0.29) is 6.04 Å². The molecule has 0 aliphatic rings. The van der Waals surface area contributed by atoms with Crippen molar-refractivity contribution in [2.24, 2.45) is 5.73 Å². The van der Waals surface area contributed by atoms with Crippen LogP contribution >= 0.6 is 11.6 Å². The molecule has 0 fully saturated rings. The summed E-state index contributed by atoms with van der Waals surface area (Å²) in [6.07, 6.45) is 3.10. The Balaban J connectivity index is 1.79. The van der Waals surface area contributed by atoms with Gasteiger partial charge in [-0.3, -0.25) is 5.10 Å². The third-order valence-corrected chi connectivity index (χ3v) is 3.32. The van der Waals surface area contributed by atoms with Crippen LogP contribution in [0.2, 0.25) is 5.02 Å². The zero-order chi connectivity index (χ0) is 15.4. The highest BCUT2D eigenvalue weighted by atomic mass is 35.5. The quantitative estimate of drug-likeness (QED) is 0.665. The highest BCUT2D eigenvalue weighted by Crippen LogP contribution is 2.20. The molecule has 2 aromatic heterocycles. The monoisotopic (exact) mass is 315 g/mol. The zero-order valence-electron chi connectivity index (χ0n) is 11.6. The lowest BCUT2D eigenvalue weighted by Crippen LogP contribution is -2.21. The summed E-state index contributed by atoms with van der Waals surface area (Å²) in [6.45, 7) is 0.362. The highest BCUT2D eigenvalue weighted by Gasteiger charge is 2.15. The Hall–Kier alpha value is -2.51. The highest BCUT2D eigenvalue weighted by molar-refractivity contribution is 6.30. The molecule has 0 unspecified atom stereocenters. The van der Waals surface area contributed by atoms with Gasteiger partial charge in [-0.05, 0) is 30.3 Å². The van der Waals surface area contributed by atoms with Crippen LogP contribution in [0.25, 0.3) is 11.5 Å². The number of rotatable bonds is 5. The molecule has 22 heavy (non-hydrogen) atoms. The topological polar surface area (TPSA) is 105 Å². The number of halogens is 1. The first-order chi connectivity index (χ1) is 10.8. The van der Waals surface area contributed by atoms with Crippen molar-refractivity contribution in [2.75, 3.05) is 11.9 Å². The van der Waals surface area contributed by atoms with Crippen LogP contribution in [0, 0.1) is 0 Å². The summed E-state index contributed by atoms with van der Waals surface area (Å²) in [6, 6.07) is 8.94. The maximum absolute atomic E-state index is 5.88. The van der Waals surface area contributed by atoms with E-state index in [0.29, 0.717) is 28.9 Å². The Morgan fingerprint density at radius 1 is 1.23 bits per heavy atom. The number of anilines is 1. The first-order valence-electron chi connectivity index (χ1n) is 6.67. The molecule has 0 saturated carbocycles. The molecule has 0 bridgehead atoms. The summed E-state index contributed by atoms with van der Waals surface area (Å²) < 4.78 is 0. The SMILES string of the molecule is NC[C@@H](Nc1ccc(Cl)cc1)c1nc(-c2ccncn2)n[nH]1. The molecule has 0 spiro atoms. The van der Waals surface area contributed by atoms with Gasteiger partial charge in [0.05, 0.1) is 6.04 Å². The van der Waals surface area contributed by atoms with Gasteiger partial charge >= 0.3 is 0 Å². The van der Waals surface area contributed by atoms with E-state index < -0.39 is 0 Å². The van der Waals surface area contributed by atoms with Gasteiger partial charge in [-0.25, -0.2) is 15.0 Å². The smallest absolute Gasteiger partial charge is 0.199 e. The van der Waals surface area contributed by atoms with Crippen molar-refractivity contribution in [1.29, 1.82) is 0 Å². The summed E-state index contributed by atoms with van der Waals surface area (Å²) in [5.41, 5.74) is 7.38. The van der Waals surface area contributed by atoms with Gasteiger partial charge in [0.1, 0.15) is 17.8 Å². The fourth-order valence-electron chi connectivity index (χ4n) is 1.95. The molecule has 1 atom stereocenters. The number of hydrogen-bond donors (Lipinski definition) is 3. The molecular weight excluding hydrogens is 302 g/mol. The minimum absolute atomic E-state index is 0.190. The average Bonchev–Trinajstić information content (AvgIpc) is 3.05. The second-order valence-electron chi connectivity index (χ2n) is 4.58. The molecule has 0 radical (unpaired) electrons. The lowest BCUT2D eigenvalue weighted by Gasteiger charge is -2.15. The average molecular weight is 316 g/mol. The Labute approximate surface area is 132 Å². The predicted molar refractivity (Wildman–Crippen MR) is 84.3 cm³/mol. The van der Waals surface area contributed by atoms with Crippen molar-refractivity contribution in [3.05, 3.63) is 53.7 Å². The summed E-state index contributed by atoms with van der Waals surface area (Å²) in [5, 5.41) is 11.0. The van der Waals surface area contributed by atoms with Crippen LogP contribution in [-0.2, 0) is 0 Å². The van der Waals surface area contributed by atoms with Crippen LogP contribution in [0.5, 0.6) is 0 Å². The van der Waals surface area contributed by atoms with Crippen LogP contribution < -0.4 is 11.1 Å². The van der Waals surface area contributed by atoms with Gasteiger partial charge in [-0.2, -0.15) is 5.10 Å². The first-order valence-corrected chi connectivity index (χ1v) is 7.05. The van der Waals surface area contributed by atoms with Crippen LogP contribution in [-0.4, -0.2) is 31.7 Å². The molecule has 8 heteroatoms. The Morgan fingerprint density at radius 2 is 2.05 bits per heavy atom. The van der Waals surface area contributed by atoms with E-state index in [0.717, 1.165) is 5.69 Å².